The number of piperidine rings is 1. The van der Waals surface area contributed by atoms with E-state index in [0.717, 1.165) is 23.7 Å². The van der Waals surface area contributed by atoms with Gasteiger partial charge in [0, 0.05) is 18.8 Å². The Labute approximate surface area is 115 Å². The summed E-state index contributed by atoms with van der Waals surface area (Å²) in [7, 11) is 0. The van der Waals surface area contributed by atoms with Crippen LogP contribution in [0.5, 0.6) is 0 Å². The molecule has 1 nitrogen and oxygen atoms in total. The van der Waals surface area contributed by atoms with E-state index in [1.807, 2.05) is 0 Å². The van der Waals surface area contributed by atoms with Crippen molar-refractivity contribution in [3.05, 3.63) is 42.5 Å². The van der Waals surface area contributed by atoms with Gasteiger partial charge in [-0.3, -0.25) is 0 Å². The standard InChI is InChI=1S/C18H21N/c1-12(2)18-16-10-19(11-17(16)18)15-8-7-13-5-3-4-6-14(13)9-15/h3-9,12,16-18H,10-11H2,1-2H3. The molecule has 1 heteroatoms. The molecule has 1 saturated heterocycles. The molecule has 1 aliphatic carbocycles. The van der Waals surface area contributed by atoms with Gasteiger partial charge in [-0.25, -0.2) is 0 Å². The van der Waals surface area contributed by atoms with Gasteiger partial charge in [0.15, 0.2) is 0 Å². The van der Waals surface area contributed by atoms with Crippen molar-refractivity contribution in [2.75, 3.05) is 18.0 Å². The lowest BCUT2D eigenvalue weighted by atomic mass is 10.0. The number of hydrogen-bond donors (Lipinski definition) is 0. The first-order valence-electron chi connectivity index (χ1n) is 7.48. The number of hydrogen-bond acceptors (Lipinski definition) is 1. The molecule has 19 heavy (non-hydrogen) atoms. The normalized spacial score (nSPS) is 29.0. The molecule has 98 valence electrons. The summed E-state index contributed by atoms with van der Waals surface area (Å²) in [5, 5.41) is 2.71. The maximum absolute atomic E-state index is 2.58. The first kappa shape index (κ1) is 11.3. The van der Waals surface area contributed by atoms with Crippen LogP contribution in [0.15, 0.2) is 42.5 Å². The van der Waals surface area contributed by atoms with Gasteiger partial charge in [-0.2, -0.15) is 0 Å². The van der Waals surface area contributed by atoms with Crippen molar-refractivity contribution >= 4 is 16.5 Å². The predicted octanol–water partition coefficient (Wildman–Crippen LogP) is 4.18. The topological polar surface area (TPSA) is 3.24 Å². The smallest absolute Gasteiger partial charge is 0.0372 e. The van der Waals surface area contributed by atoms with Crippen LogP contribution >= 0.6 is 0 Å². The van der Waals surface area contributed by atoms with Crippen LogP contribution in [0.4, 0.5) is 5.69 Å². The van der Waals surface area contributed by atoms with Gasteiger partial charge in [-0.1, -0.05) is 44.2 Å². The van der Waals surface area contributed by atoms with Gasteiger partial charge in [0.25, 0.3) is 0 Å². The summed E-state index contributed by atoms with van der Waals surface area (Å²) in [5.41, 5.74) is 1.41. The maximum Gasteiger partial charge on any atom is 0.0372 e. The molecule has 0 N–H and O–H groups in total. The van der Waals surface area contributed by atoms with Gasteiger partial charge in [0.1, 0.15) is 0 Å². The second-order valence-corrected chi connectivity index (χ2v) is 6.59. The average Bonchev–Trinajstić information content (AvgIpc) is 2.94. The van der Waals surface area contributed by atoms with Crippen LogP contribution in [-0.2, 0) is 0 Å². The Bertz CT molecular complexity index is 604. The fraction of sp³-hybridized carbons (Fsp3) is 0.444. The summed E-state index contributed by atoms with van der Waals surface area (Å²) in [6.07, 6.45) is 0. The predicted molar refractivity (Wildman–Crippen MR) is 81.5 cm³/mol. The van der Waals surface area contributed by atoms with Crippen molar-refractivity contribution in [3.63, 3.8) is 0 Å². The lowest BCUT2D eigenvalue weighted by molar-refractivity contribution is 0.480. The molecule has 0 aromatic heterocycles. The summed E-state index contributed by atoms with van der Waals surface area (Å²) < 4.78 is 0. The zero-order chi connectivity index (χ0) is 13.0. The van der Waals surface area contributed by atoms with Gasteiger partial charge in [0.05, 0.1) is 0 Å². The first-order valence-corrected chi connectivity index (χ1v) is 7.48. The van der Waals surface area contributed by atoms with Crippen molar-refractivity contribution in [2.24, 2.45) is 23.7 Å². The molecular weight excluding hydrogens is 230 g/mol. The minimum Gasteiger partial charge on any atom is -0.371 e. The number of rotatable bonds is 2. The van der Waals surface area contributed by atoms with Crippen LogP contribution in [0.2, 0.25) is 0 Å². The second kappa shape index (κ2) is 4.00. The number of anilines is 1. The molecule has 0 spiro atoms. The Morgan fingerprint density at radius 1 is 0.947 bits per heavy atom. The van der Waals surface area contributed by atoms with Crippen LogP contribution < -0.4 is 4.90 Å². The Morgan fingerprint density at radius 2 is 1.63 bits per heavy atom. The van der Waals surface area contributed by atoms with E-state index in [4.69, 9.17) is 0 Å². The quantitative estimate of drug-likeness (QED) is 0.774. The van der Waals surface area contributed by atoms with Crippen LogP contribution in [0.3, 0.4) is 0 Å². The summed E-state index contributed by atoms with van der Waals surface area (Å²) >= 11 is 0. The van der Waals surface area contributed by atoms with Gasteiger partial charge < -0.3 is 4.90 Å². The zero-order valence-corrected chi connectivity index (χ0v) is 11.7. The first-order chi connectivity index (χ1) is 9.24. The highest BCUT2D eigenvalue weighted by Crippen LogP contribution is 2.56. The monoisotopic (exact) mass is 251 g/mol. The fourth-order valence-electron chi connectivity index (χ4n) is 4.15. The summed E-state index contributed by atoms with van der Waals surface area (Å²) in [6.45, 7) is 7.30. The Kier molecular flexibility index (Phi) is 2.38. The lowest BCUT2D eigenvalue weighted by Gasteiger charge is -2.23. The average molecular weight is 251 g/mol. The Hall–Kier alpha value is -1.50. The van der Waals surface area contributed by atoms with Crippen LogP contribution in [0, 0.1) is 23.7 Å². The largest absolute Gasteiger partial charge is 0.371 e. The minimum absolute atomic E-state index is 0.869. The molecule has 0 amide bonds. The van der Waals surface area contributed by atoms with Crippen LogP contribution in [0.1, 0.15) is 13.8 Å². The highest BCUT2D eigenvalue weighted by atomic mass is 15.2. The van der Waals surface area contributed by atoms with Crippen molar-refractivity contribution in [1.29, 1.82) is 0 Å². The lowest BCUT2D eigenvalue weighted by Crippen LogP contribution is -2.24. The molecule has 0 radical (unpaired) electrons. The number of nitrogens with zero attached hydrogens (tertiary/aromatic N) is 1. The fourth-order valence-corrected chi connectivity index (χ4v) is 4.15. The van der Waals surface area contributed by atoms with Gasteiger partial charge in [0.2, 0.25) is 0 Å². The van der Waals surface area contributed by atoms with E-state index in [9.17, 15) is 0 Å². The third kappa shape index (κ3) is 1.75. The highest BCUT2D eigenvalue weighted by Gasteiger charge is 2.56. The summed E-state index contributed by atoms with van der Waals surface area (Å²) in [4.78, 5) is 2.58. The molecule has 2 aromatic carbocycles. The molecule has 0 bridgehead atoms. The molecule has 2 fully saturated rings. The van der Waals surface area contributed by atoms with Crippen LogP contribution in [-0.4, -0.2) is 13.1 Å². The van der Waals surface area contributed by atoms with E-state index < -0.39 is 0 Å². The SMILES string of the molecule is CC(C)C1C2CN(c3ccc4ccccc4c3)CC21. The van der Waals surface area contributed by atoms with E-state index in [-0.39, 0.29) is 0 Å². The van der Waals surface area contributed by atoms with Crippen molar-refractivity contribution in [2.45, 2.75) is 13.8 Å². The third-order valence-electron chi connectivity index (χ3n) is 5.13. The molecular formula is C18H21N. The van der Waals surface area contributed by atoms with E-state index in [0.29, 0.717) is 0 Å². The van der Waals surface area contributed by atoms with Crippen molar-refractivity contribution in [1.82, 2.24) is 0 Å². The maximum atomic E-state index is 2.58. The molecule has 1 heterocycles. The molecule has 2 atom stereocenters. The van der Waals surface area contributed by atoms with Gasteiger partial charge in [-0.15, -0.1) is 0 Å². The van der Waals surface area contributed by atoms with E-state index in [2.05, 4.69) is 61.2 Å². The molecule has 2 aromatic rings. The number of fused-ring (bicyclic) bond motifs is 2. The molecule has 2 aliphatic rings. The summed E-state index contributed by atoms with van der Waals surface area (Å²) in [5.74, 6) is 3.79. The Morgan fingerprint density at radius 3 is 2.32 bits per heavy atom. The Balaban J connectivity index is 1.57. The minimum atomic E-state index is 0.869. The third-order valence-corrected chi connectivity index (χ3v) is 5.13. The van der Waals surface area contributed by atoms with E-state index in [1.165, 1.54) is 29.5 Å². The molecule has 4 rings (SSSR count). The molecule has 1 aliphatic heterocycles. The highest BCUT2D eigenvalue weighted by molar-refractivity contribution is 5.85. The van der Waals surface area contributed by atoms with E-state index in [1.54, 1.807) is 0 Å². The second-order valence-electron chi connectivity index (χ2n) is 6.59. The molecule has 2 unspecified atom stereocenters. The van der Waals surface area contributed by atoms with Gasteiger partial charge >= 0.3 is 0 Å². The van der Waals surface area contributed by atoms with E-state index >= 15 is 0 Å². The molecule has 1 saturated carbocycles. The van der Waals surface area contributed by atoms with Gasteiger partial charge in [-0.05, 0) is 46.6 Å². The van der Waals surface area contributed by atoms with Crippen molar-refractivity contribution < 1.29 is 0 Å². The van der Waals surface area contributed by atoms with Crippen LogP contribution in [0.25, 0.3) is 10.8 Å². The summed E-state index contributed by atoms with van der Waals surface area (Å²) in [6, 6.07) is 15.5. The zero-order valence-electron chi connectivity index (χ0n) is 11.7. The number of benzene rings is 2. The van der Waals surface area contributed by atoms with Crippen molar-refractivity contribution in [3.8, 4) is 0 Å².